The minimum Gasteiger partial charge on any atom is -0.0847 e. The first kappa shape index (κ1) is 9.97. The number of allylic oxidation sites excluding steroid dienone is 6. The van der Waals surface area contributed by atoms with Crippen molar-refractivity contribution in [3.05, 3.63) is 65.3 Å². The lowest BCUT2D eigenvalue weighted by Crippen LogP contribution is -1.81. The highest BCUT2D eigenvalue weighted by Gasteiger charge is 2.09. The molecule has 0 bridgehead atoms. The van der Waals surface area contributed by atoms with Gasteiger partial charge in [0.05, 0.1) is 0 Å². The van der Waals surface area contributed by atoms with Gasteiger partial charge in [0.1, 0.15) is 0 Å². The lowest BCUT2D eigenvalue weighted by molar-refractivity contribution is 1.31. The summed E-state index contributed by atoms with van der Waals surface area (Å²) in [6.45, 7) is 4.19. The maximum absolute atomic E-state index is 2.30. The maximum Gasteiger partial charge on any atom is -0.00821 e. The summed E-state index contributed by atoms with van der Waals surface area (Å²) < 4.78 is 0. The molecule has 0 atom stereocenters. The number of hydrogen-bond donors (Lipinski definition) is 0. The zero-order valence-corrected chi connectivity index (χ0v) is 9.33. The smallest absolute Gasteiger partial charge is 0.00821 e. The van der Waals surface area contributed by atoms with Gasteiger partial charge in [-0.1, -0.05) is 54.1 Å². The van der Waals surface area contributed by atoms with Crippen molar-refractivity contribution in [3.63, 3.8) is 0 Å². The molecule has 1 aliphatic rings. The predicted molar refractivity (Wildman–Crippen MR) is 66.7 cm³/mol. The topological polar surface area (TPSA) is 0 Å². The Morgan fingerprint density at radius 1 is 1.27 bits per heavy atom. The van der Waals surface area contributed by atoms with Crippen molar-refractivity contribution >= 4 is 5.57 Å². The van der Waals surface area contributed by atoms with Crippen LogP contribution in [0.2, 0.25) is 0 Å². The quantitative estimate of drug-likeness (QED) is 0.623. The summed E-state index contributed by atoms with van der Waals surface area (Å²) in [5, 5.41) is 0. The molecule has 15 heavy (non-hydrogen) atoms. The molecule has 0 aromatic heterocycles. The molecule has 0 saturated heterocycles. The van der Waals surface area contributed by atoms with E-state index in [0.29, 0.717) is 0 Å². The first-order valence-electron chi connectivity index (χ1n) is 5.40. The Labute approximate surface area is 91.6 Å². The van der Waals surface area contributed by atoms with Crippen molar-refractivity contribution in [2.24, 2.45) is 0 Å². The van der Waals surface area contributed by atoms with Crippen LogP contribution in [0.15, 0.2) is 54.1 Å². The van der Waals surface area contributed by atoms with Crippen LogP contribution in [-0.4, -0.2) is 0 Å². The van der Waals surface area contributed by atoms with Gasteiger partial charge in [0.25, 0.3) is 0 Å². The first-order chi connectivity index (χ1) is 7.31. The van der Waals surface area contributed by atoms with Gasteiger partial charge in [-0.05, 0) is 37.0 Å². The highest BCUT2D eigenvalue weighted by Crippen LogP contribution is 2.28. The fourth-order valence-electron chi connectivity index (χ4n) is 1.79. The van der Waals surface area contributed by atoms with Gasteiger partial charge in [-0.15, -0.1) is 0 Å². The van der Waals surface area contributed by atoms with Crippen LogP contribution >= 0.6 is 0 Å². The average molecular weight is 196 g/mol. The molecule has 1 aromatic carbocycles. The van der Waals surface area contributed by atoms with E-state index in [2.05, 4.69) is 62.4 Å². The molecule has 0 saturated carbocycles. The summed E-state index contributed by atoms with van der Waals surface area (Å²) in [6.07, 6.45) is 9.88. The van der Waals surface area contributed by atoms with Crippen molar-refractivity contribution in [2.45, 2.75) is 20.3 Å². The van der Waals surface area contributed by atoms with E-state index < -0.39 is 0 Å². The monoisotopic (exact) mass is 196 g/mol. The fraction of sp³-hybridized carbons (Fsp3) is 0.200. The second kappa shape index (κ2) is 4.31. The van der Waals surface area contributed by atoms with Gasteiger partial charge in [0, 0.05) is 0 Å². The number of rotatable bonds is 2. The summed E-state index contributed by atoms with van der Waals surface area (Å²) >= 11 is 0. The molecule has 0 fully saturated rings. The third-order valence-corrected chi connectivity index (χ3v) is 2.85. The van der Waals surface area contributed by atoms with E-state index in [1.54, 1.807) is 0 Å². The Morgan fingerprint density at radius 3 is 2.87 bits per heavy atom. The summed E-state index contributed by atoms with van der Waals surface area (Å²) in [6, 6.07) is 8.61. The second-order valence-corrected chi connectivity index (χ2v) is 3.89. The Hall–Kier alpha value is -1.56. The van der Waals surface area contributed by atoms with E-state index in [-0.39, 0.29) is 0 Å². The zero-order chi connectivity index (χ0) is 10.7. The van der Waals surface area contributed by atoms with E-state index in [1.165, 1.54) is 22.3 Å². The Kier molecular flexibility index (Phi) is 2.86. The van der Waals surface area contributed by atoms with E-state index in [9.17, 15) is 0 Å². The van der Waals surface area contributed by atoms with Gasteiger partial charge in [0.15, 0.2) is 0 Å². The first-order valence-corrected chi connectivity index (χ1v) is 5.40. The van der Waals surface area contributed by atoms with Crippen molar-refractivity contribution in [3.8, 4) is 0 Å². The molecule has 0 N–H and O–H groups in total. The molecule has 0 nitrogen and oxygen atoms in total. The molecular weight excluding hydrogens is 180 g/mol. The van der Waals surface area contributed by atoms with E-state index in [1.807, 2.05) is 0 Å². The largest absolute Gasteiger partial charge is 0.0847 e. The zero-order valence-electron chi connectivity index (χ0n) is 9.33. The summed E-state index contributed by atoms with van der Waals surface area (Å²) in [5.41, 5.74) is 5.49. The van der Waals surface area contributed by atoms with Crippen LogP contribution in [0.5, 0.6) is 0 Å². The summed E-state index contributed by atoms with van der Waals surface area (Å²) in [5.74, 6) is 0. The van der Waals surface area contributed by atoms with Crippen LogP contribution in [-0.2, 0) is 6.42 Å². The second-order valence-electron chi connectivity index (χ2n) is 3.89. The van der Waals surface area contributed by atoms with Crippen molar-refractivity contribution in [2.75, 3.05) is 0 Å². The molecule has 0 spiro atoms. The Bertz CT molecular complexity index is 445. The minimum absolute atomic E-state index is 1.07. The van der Waals surface area contributed by atoms with E-state index in [0.717, 1.165) is 6.42 Å². The van der Waals surface area contributed by atoms with E-state index >= 15 is 0 Å². The molecular formula is C15H16. The third kappa shape index (κ3) is 2.10. The SMILES string of the molecule is C/C=C(C)\C=C/C1=CCc2ccccc21. The standard InChI is InChI=1S/C15H16/c1-3-12(2)8-9-14-11-10-13-6-4-5-7-15(13)14/h3-9,11H,10H2,1-2H3/b9-8-,12-3-. The molecule has 2 rings (SSSR count). The van der Waals surface area contributed by atoms with Crippen LogP contribution in [0.3, 0.4) is 0 Å². The van der Waals surface area contributed by atoms with Gasteiger partial charge in [-0.2, -0.15) is 0 Å². The van der Waals surface area contributed by atoms with Crippen molar-refractivity contribution < 1.29 is 0 Å². The third-order valence-electron chi connectivity index (χ3n) is 2.85. The van der Waals surface area contributed by atoms with Gasteiger partial charge in [0.2, 0.25) is 0 Å². The van der Waals surface area contributed by atoms with Crippen molar-refractivity contribution in [1.29, 1.82) is 0 Å². The predicted octanol–water partition coefficient (Wildman–Crippen LogP) is 4.15. The normalized spacial score (nSPS) is 15.6. The minimum atomic E-state index is 1.07. The highest BCUT2D eigenvalue weighted by atomic mass is 14.1. The molecule has 0 radical (unpaired) electrons. The van der Waals surface area contributed by atoms with E-state index in [4.69, 9.17) is 0 Å². The van der Waals surface area contributed by atoms with Crippen LogP contribution in [0, 0.1) is 0 Å². The molecule has 0 amide bonds. The van der Waals surface area contributed by atoms with Crippen LogP contribution in [0.4, 0.5) is 0 Å². The maximum atomic E-state index is 2.30. The van der Waals surface area contributed by atoms with Crippen LogP contribution in [0.1, 0.15) is 25.0 Å². The van der Waals surface area contributed by atoms with Gasteiger partial charge in [-0.3, -0.25) is 0 Å². The van der Waals surface area contributed by atoms with Crippen LogP contribution in [0.25, 0.3) is 5.57 Å². The number of benzene rings is 1. The molecule has 1 aliphatic carbocycles. The van der Waals surface area contributed by atoms with Gasteiger partial charge in [-0.25, -0.2) is 0 Å². The summed E-state index contributed by atoms with van der Waals surface area (Å²) in [4.78, 5) is 0. The lowest BCUT2D eigenvalue weighted by atomic mass is 10.1. The highest BCUT2D eigenvalue weighted by molar-refractivity contribution is 5.80. The molecule has 0 aliphatic heterocycles. The van der Waals surface area contributed by atoms with Gasteiger partial charge < -0.3 is 0 Å². The molecule has 0 unspecified atom stereocenters. The van der Waals surface area contributed by atoms with Crippen LogP contribution < -0.4 is 0 Å². The molecule has 0 heteroatoms. The number of fused-ring (bicyclic) bond motifs is 1. The van der Waals surface area contributed by atoms with Gasteiger partial charge >= 0.3 is 0 Å². The Balaban J connectivity index is 2.24. The fourth-order valence-corrected chi connectivity index (χ4v) is 1.79. The van der Waals surface area contributed by atoms with Crippen molar-refractivity contribution in [1.82, 2.24) is 0 Å². The Morgan fingerprint density at radius 2 is 2.07 bits per heavy atom. The average Bonchev–Trinajstić information content (AvgIpc) is 2.69. The lowest BCUT2D eigenvalue weighted by Gasteiger charge is -2.00. The summed E-state index contributed by atoms with van der Waals surface area (Å²) in [7, 11) is 0. The molecule has 0 heterocycles. The number of hydrogen-bond acceptors (Lipinski definition) is 0. The molecule has 76 valence electrons. The molecule has 1 aromatic rings.